The molecule has 3 aromatic rings. The lowest BCUT2D eigenvalue weighted by Gasteiger charge is -1.98. The van der Waals surface area contributed by atoms with E-state index < -0.39 is 5.97 Å². The summed E-state index contributed by atoms with van der Waals surface area (Å²) < 4.78 is 5.25. The van der Waals surface area contributed by atoms with E-state index in [1.54, 1.807) is 12.1 Å². The molecule has 0 bridgehead atoms. The maximum absolute atomic E-state index is 10.8. The van der Waals surface area contributed by atoms with Gasteiger partial charge in [0.15, 0.2) is 0 Å². The number of nitrogens with zero attached hydrogens (tertiary/aromatic N) is 2. The highest BCUT2D eigenvalue weighted by atomic mass is 16.5. The average Bonchev–Trinajstić information content (AvgIpc) is 2.97. The van der Waals surface area contributed by atoms with Crippen molar-refractivity contribution < 1.29 is 14.4 Å². The molecule has 0 atom stereocenters. The molecule has 1 N–H and O–H groups in total. The molecule has 0 spiro atoms. The SMILES string of the molecule is Cc1ccccc1-c1noc(-c2ccc(C(=O)O)cc2)n1. The van der Waals surface area contributed by atoms with Crippen molar-refractivity contribution in [3.8, 4) is 22.8 Å². The van der Waals surface area contributed by atoms with E-state index in [2.05, 4.69) is 10.1 Å². The molecule has 0 fully saturated rings. The minimum atomic E-state index is -0.965. The lowest BCUT2D eigenvalue weighted by Crippen LogP contribution is -1.94. The normalized spacial score (nSPS) is 10.5. The molecule has 0 aliphatic heterocycles. The number of aromatic carboxylic acids is 1. The summed E-state index contributed by atoms with van der Waals surface area (Å²) in [6.45, 7) is 1.98. The molecule has 3 rings (SSSR count). The predicted octanol–water partition coefficient (Wildman–Crippen LogP) is 3.41. The van der Waals surface area contributed by atoms with Gasteiger partial charge in [0.2, 0.25) is 5.82 Å². The molecule has 1 heterocycles. The van der Waals surface area contributed by atoms with Crippen LogP contribution in [0, 0.1) is 6.92 Å². The van der Waals surface area contributed by atoms with Crippen LogP contribution in [0.15, 0.2) is 53.1 Å². The van der Waals surface area contributed by atoms with Crippen LogP contribution in [0.3, 0.4) is 0 Å². The van der Waals surface area contributed by atoms with Gasteiger partial charge in [0, 0.05) is 11.1 Å². The van der Waals surface area contributed by atoms with E-state index in [1.807, 2.05) is 31.2 Å². The number of hydrogen-bond acceptors (Lipinski definition) is 4. The second-order valence-corrected chi connectivity index (χ2v) is 4.62. The van der Waals surface area contributed by atoms with E-state index in [9.17, 15) is 4.79 Å². The molecule has 0 amide bonds. The molecule has 5 heteroatoms. The average molecular weight is 280 g/mol. The number of rotatable bonds is 3. The van der Waals surface area contributed by atoms with E-state index in [4.69, 9.17) is 9.63 Å². The van der Waals surface area contributed by atoms with Crippen LogP contribution in [0.25, 0.3) is 22.8 Å². The number of aryl methyl sites for hydroxylation is 1. The fraction of sp³-hybridized carbons (Fsp3) is 0.0625. The highest BCUT2D eigenvalue weighted by molar-refractivity contribution is 5.88. The molecule has 1 aromatic heterocycles. The van der Waals surface area contributed by atoms with E-state index in [0.29, 0.717) is 17.3 Å². The van der Waals surface area contributed by atoms with Crippen molar-refractivity contribution in [3.63, 3.8) is 0 Å². The van der Waals surface area contributed by atoms with Crippen LogP contribution < -0.4 is 0 Å². The zero-order valence-electron chi connectivity index (χ0n) is 11.3. The Morgan fingerprint density at radius 3 is 2.48 bits per heavy atom. The minimum absolute atomic E-state index is 0.220. The Labute approximate surface area is 120 Å². The third-order valence-electron chi connectivity index (χ3n) is 3.19. The predicted molar refractivity (Wildman–Crippen MR) is 76.9 cm³/mol. The summed E-state index contributed by atoms with van der Waals surface area (Å²) in [5, 5.41) is 12.9. The number of carbonyl (C=O) groups is 1. The Kier molecular flexibility index (Phi) is 3.23. The van der Waals surface area contributed by atoms with E-state index in [0.717, 1.165) is 11.1 Å². The molecule has 5 nitrogen and oxygen atoms in total. The van der Waals surface area contributed by atoms with Crippen molar-refractivity contribution in [1.29, 1.82) is 0 Å². The third-order valence-corrected chi connectivity index (χ3v) is 3.19. The van der Waals surface area contributed by atoms with Crippen molar-refractivity contribution in [2.75, 3.05) is 0 Å². The van der Waals surface area contributed by atoms with Gasteiger partial charge in [-0.1, -0.05) is 29.4 Å². The third kappa shape index (κ3) is 2.53. The first-order chi connectivity index (χ1) is 10.1. The first-order valence-electron chi connectivity index (χ1n) is 6.38. The molecule has 0 saturated carbocycles. The molecule has 2 aromatic carbocycles. The van der Waals surface area contributed by atoms with Gasteiger partial charge in [-0.2, -0.15) is 4.98 Å². The zero-order chi connectivity index (χ0) is 14.8. The van der Waals surface area contributed by atoms with Crippen LogP contribution in [0.5, 0.6) is 0 Å². The van der Waals surface area contributed by atoms with Crippen LogP contribution in [-0.4, -0.2) is 21.2 Å². The second-order valence-electron chi connectivity index (χ2n) is 4.62. The van der Waals surface area contributed by atoms with Crippen LogP contribution in [0.4, 0.5) is 0 Å². The van der Waals surface area contributed by atoms with Crippen molar-refractivity contribution in [2.45, 2.75) is 6.92 Å². The summed E-state index contributed by atoms with van der Waals surface area (Å²) in [7, 11) is 0. The molecule has 0 unspecified atom stereocenters. The van der Waals surface area contributed by atoms with Crippen LogP contribution in [-0.2, 0) is 0 Å². The fourth-order valence-electron chi connectivity index (χ4n) is 2.03. The molecular formula is C16H12N2O3. The van der Waals surface area contributed by atoms with Gasteiger partial charge in [0.1, 0.15) is 0 Å². The summed E-state index contributed by atoms with van der Waals surface area (Å²) in [4.78, 5) is 15.2. The molecule has 0 aliphatic rings. The highest BCUT2D eigenvalue weighted by Gasteiger charge is 2.12. The summed E-state index contributed by atoms with van der Waals surface area (Å²) >= 11 is 0. The number of carboxylic acid groups (broad SMARTS) is 1. The quantitative estimate of drug-likeness (QED) is 0.795. The van der Waals surface area contributed by atoms with Crippen LogP contribution in [0.2, 0.25) is 0 Å². The monoisotopic (exact) mass is 280 g/mol. The summed E-state index contributed by atoms with van der Waals surface area (Å²) in [6.07, 6.45) is 0. The smallest absolute Gasteiger partial charge is 0.335 e. The first kappa shape index (κ1) is 13.1. The molecule has 21 heavy (non-hydrogen) atoms. The van der Waals surface area contributed by atoms with Crippen molar-refractivity contribution in [2.24, 2.45) is 0 Å². The maximum Gasteiger partial charge on any atom is 0.335 e. The van der Waals surface area contributed by atoms with Gasteiger partial charge in [0.25, 0.3) is 5.89 Å². The maximum atomic E-state index is 10.8. The Morgan fingerprint density at radius 2 is 1.81 bits per heavy atom. The zero-order valence-corrected chi connectivity index (χ0v) is 11.3. The van der Waals surface area contributed by atoms with Crippen LogP contribution in [0.1, 0.15) is 15.9 Å². The van der Waals surface area contributed by atoms with Gasteiger partial charge in [-0.05, 0) is 36.8 Å². The lowest BCUT2D eigenvalue weighted by atomic mass is 10.1. The standard InChI is InChI=1S/C16H12N2O3/c1-10-4-2-3-5-13(10)14-17-15(21-18-14)11-6-8-12(9-7-11)16(19)20/h2-9H,1H3,(H,19,20). The van der Waals surface area contributed by atoms with Gasteiger partial charge in [-0.25, -0.2) is 4.79 Å². The molecule has 0 saturated heterocycles. The first-order valence-corrected chi connectivity index (χ1v) is 6.38. The number of aromatic nitrogens is 2. The van der Waals surface area contributed by atoms with E-state index in [-0.39, 0.29) is 5.56 Å². The molecular weight excluding hydrogens is 268 g/mol. The summed E-state index contributed by atoms with van der Waals surface area (Å²) in [5.74, 6) is -0.0803. The number of carboxylic acids is 1. The van der Waals surface area contributed by atoms with Gasteiger partial charge >= 0.3 is 5.97 Å². The Morgan fingerprint density at radius 1 is 1.10 bits per heavy atom. The summed E-state index contributed by atoms with van der Waals surface area (Å²) in [6, 6.07) is 14.1. The van der Waals surface area contributed by atoms with Crippen molar-refractivity contribution in [1.82, 2.24) is 10.1 Å². The highest BCUT2D eigenvalue weighted by Crippen LogP contribution is 2.24. The van der Waals surface area contributed by atoms with Crippen molar-refractivity contribution >= 4 is 5.97 Å². The fourth-order valence-corrected chi connectivity index (χ4v) is 2.03. The minimum Gasteiger partial charge on any atom is -0.478 e. The Hall–Kier alpha value is -2.95. The molecule has 0 radical (unpaired) electrons. The number of benzene rings is 2. The number of hydrogen-bond donors (Lipinski definition) is 1. The van der Waals surface area contributed by atoms with Gasteiger partial charge in [-0.15, -0.1) is 0 Å². The van der Waals surface area contributed by atoms with Gasteiger partial charge in [0.05, 0.1) is 5.56 Å². The van der Waals surface area contributed by atoms with Gasteiger partial charge < -0.3 is 9.63 Å². The topological polar surface area (TPSA) is 76.2 Å². The van der Waals surface area contributed by atoms with E-state index in [1.165, 1.54) is 12.1 Å². The molecule has 0 aliphatic carbocycles. The lowest BCUT2D eigenvalue weighted by molar-refractivity contribution is 0.0697. The second kappa shape index (κ2) is 5.20. The largest absolute Gasteiger partial charge is 0.478 e. The van der Waals surface area contributed by atoms with Crippen LogP contribution >= 0.6 is 0 Å². The Bertz CT molecular complexity index is 791. The van der Waals surface area contributed by atoms with Crippen molar-refractivity contribution in [3.05, 3.63) is 59.7 Å². The summed E-state index contributed by atoms with van der Waals surface area (Å²) in [5.41, 5.74) is 2.88. The van der Waals surface area contributed by atoms with Gasteiger partial charge in [-0.3, -0.25) is 0 Å². The molecule has 104 valence electrons. The van der Waals surface area contributed by atoms with E-state index >= 15 is 0 Å². The Balaban J connectivity index is 1.95.